The first kappa shape index (κ1) is 14.3. The van der Waals surface area contributed by atoms with Gasteiger partial charge in [0.25, 0.3) is 0 Å². The highest BCUT2D eigenvalue weighted by atomic mass is 16.5. The number of hydrogen-bond acceptors (Lipinski definition) is 4. The Morgan fingerprint density at radius 2 is 2.00 bits per heavy atom. The van der Waals surface area contributed by atoms with Crippen molar-refractivity contribution in [1.82, 2.24) is 4.90 Å². The number of nitrogens with zero attached hydrogens (tertiary/aromatic N) is 1. The third-order valence-corrected chi connectivity index (χ3v) is 3.44. The van der Waals surface area contributed by atoms with Crippen molar-refractivity contribution < 1.29 is 14.6 Å². The molecule has 0 atom stereocenters. The Labute approximate surface area is 114 Å². The van der Waals surface area contributed by atoms with Crippen molar-refractivity contribution in [1.29, 1.82) is 0 Å². The molecule has 0 amide bonds. The van der Waals surface area contributed by atoms with Crippen molar-refractivity contribution in [2.45, 2.75) is 13.5 Å². The maximum absolute atomic E-state index is 9.42. The molecule has 1 saturated heterocycles. The van der Waals surface area contributed by atoms with Gasteiger partial charge >= 0.3 is 0 Å². The van der Waals surface area contributed by atoms with Gasteiger partial charge in [0.2, 0.25) is 0 Å². The standard InChI is InChI=1S/C15H23NO3/c1-3-19-14-6-4-13(5-7-14)8-16(2)9-15(10-17)11-18-12-15/h4-7,17H,3,8-12H2,1-2H3. The van der Waals surface area contributed by atoms with Crippen LogP contribution >= 0.6 is 0 Å². The van der Waals surface area contributed by atoms with Crippen LogP contribution in [-0.2, 0) is 11.3 Å². The summed E-state index contributed by atoms with van der Waals surface area (Å²) >= 11 is 0. The summed E-state index contributed by atoms with van der Waals surface area (Å²) in [6.07, 6.45) is 0. The lowest BCUT2D eigenvalue weighted by Gasteiger charge is -2.42. The minimum absolute atomic E-state index is 0.0555. The van der Waals surface area contributed by atoms with Crippen LogP contribution in [0.3, 0.4) is 0 Å². The monoisotopic (exact) mass is 265 g/mol. The van der Waals surface area contributed by atoms with E-state index in [0.717, 1.165) is 18.8 Å². The number of ether oxygens (including phenoxy) is 2. The fourth-order valence-electron chi connectivity index (χ4n) is 2.42. The lowest BCUT2D eigenvalue weighted by atomic mass is 9.86. The highest BCUT2D eigenvalue weighted by Gasteiger charge is 2.38. The summed E-state index contributed by atoms with van der Waals surface area (Å²) in [4.78, 5) is 2.23. The summed E-state index contributed by atoms with van der Waals surface area (Å²) in [6.45, 7) is 5.93. The van der Waals surface area contributed by atoms with Gasteiger partial charge in [-0.25, -0.2) is 0 Å². The van der Waals surface area contributed by atoms with E-state index in [9.17, 15) is 5.11 Å². The predicted molar refractivity (Wildman–Crippen MR) is 74.3 cm³/mol. The zero-order chi connectivity index (χ0) is 13.7. The first-order chi connectivity index (χ1) is 9.17. The Kier molecular flexibility index (Phi) is 4.80. The molecule has 1 aliphatic rings. The topological polar surface area (TPSA) is 41.9 Å². The molecule has 0 bridgehead atoms. The molecular weight excluding hydrogens is 242 g/mol. The average Bonchev–Trinajstić information content (AvgIpc) is 2.37. The van der Waals surface area contributed by atoms with Gasteiger partial charge in [-0.15, -0.1) is 0 Å². The van der Waals surface area contributed by atoms with Crippen LogP contribution in [0.1, 0.15) is 12.5 Å². The van der Waals surface area contributed by atoms with Crippen molar-refractivity contribution in [3.63, 3.8) is 0 Å². The molecule has 4 heteroatoms. The molecule has 0 aromatic heterocycles. The Bertz CT molecular complexity index is 381. The van der Waals surface area contributed by atoms with Gasteiger partial charge in [-0.2, -0.15) is 0 Å². The normalized spacial score (nSPS) is 17.3. The number of hydrogen-bond donors (Lipinski definition) is 1. The second-order valence-corrected chi connectivity index (χ2v) is 5.40. The first-order valence-corrected chi connectivity index (χ1v) is 6.76. The predicted octanol–water partition coefficient (Wildman–Crippen LogP) is 1.53. The molecule has 106 valence electrons. The van der Waals surface area contributed by atoms with E-state index in [0.29, 0.717) is 19.8 Å². The van der Waals surface area contributed by atoms with E-state index in [1.165, 1.54) is 5.56 Å². The van der Waals surface area contributed by atoms with Crippen LogP contribution in [-0.4, -0.2) is 50.0 Å². The van der Waals surface area contributed by atoms with Crippen LogP contribution in [0.5, 0.6) is 5.75 Å². The van der Waals surface area contributed by atoms with Gasteiger partial charge in [0.05, 0.1) is 31.8 Å². The minimum atomic E-state index is -0.0555. The average molecular weight is 265 g/mol. The Hall–Kier alpha value is -1.10. The molecule has 4 nitrogen and oxygen atoms in total. The Morgan fingerprint density at radius 3 is 2.47 bits per heavy atom. The fourth-order valence-corrected chi connectivity index (χ4v) is 2.42. The fraction of sp³-hybridized carbons (Fsp3) is 0.600. The van der Waals surface area contributed by atoms with Gasteiger partial charge in [-0.1, -0.05) is 12.1 Å². The third-order valence-electron chi connectivity index (χ3n) is 3.44. The van der Waals surface area contributed by atoms with Crippen LogP contribution in [0.2, 0.25) is 0 Å². The molecule has 1 aromatic rings. The number of benzene rings is 1. The van der Waals surface area contributed by atoms with Crippen molar-refractivity contribution in [2.24, 2.45) is 5.41 Å². The largest absolute Gasteiger partial charge is 0.494 e. The second-order valence-electron chi connectivity index (χ2n) is 5.40. The molecule has 1 aromatic carbocycles. The number of aliphatic hydroxyl groups excluding tert-OH is 1. The number of aliphatic hydroxyl groups is 1. The lowest BCUT2D eigenvalue weighted by Crippen LogP contribution is -2.52. The molecular formula is C15H23NO3. The molecule has 1 fully saturated rings. The Morgan fingerprint density at radius 1 is 1.32 bits per heavy atom. The molecule has 0 spiro atoms. The molecule has 1 aliphatic heterocycles. The van der Waals surface area contributed by atoms with Gasteiger partial charge < -0.3 is 19.5 Å². The van der Waals surface area contributed by atoms with Crippen molar-refractivity contribution in [3.8, 4) is 5.75 Å². The first-order valence-electron chi connectivity index (χ1n) is 6.76. The molecule has 0 aliphatic carbocycles. The van der Waals surface area contributed by atoms with Gasteiger partial charge in [0.1, 0.15) is 5.75 Å². The molecule has 2 rings (SSSR count). The molecule has 1 N–H and O–H groups in total. The van der Waals surface area contributed by atoms with Crippen LogP contribution in [0.4, 0.5) is 0 Å². The van der Waals surface area contributed by atoms with Crippen molar-refractivity contribution in [3.05, 3.63) is 29.8 Å². The van der Waals surface area contributed by atoms with E-state index in [2.05, 4.69) is 24.1 Å². The highest BCUT2D eigenvalue weighted by molar-refractivity contribution is 5.27. The lowest BCUT2D eigenvalue weighted by molar-refractivity contribution is -0.147. The highest BCUT2D eigenvalue weighted by Crippen LogP contribution is 2.28. The van der Waals surface area contributed by atoms with Crippen LogP contribution < -0.4 is 4.74 Å². The minimum Gasteiger partial charge on any atom is -0.494 e. The molecule has 0 radical (unpaired) electrons. The smallest absolute Gasteiger partial charge is 0.119 e. The molecule has 19 heavy (non-hydrogen) atoms. The maximum Gasteiger partial charge on any atom is 0.119 e. The van der Waals surface area contributed by atoms with E-state index in [1.807, 2.05) is 19.1 Å². The summed E-state index contributed by atoms with van der Waals surface area (Å²) in [5.74, 6) is 0.910. The second kappa shape index (κ2) is 6.37. The molecule has 1 heterocycles. The van der Waals surface area contributed by atoms with Gasteiger partial charge in [0, 0.05) is 13.1 Å². The zero-order valence-corrected chi connectivity index (χ0v) is 11.8. The van der Waals surface area contributed by atoms with Gasteiger partial charge in [-0.3, -0.25) is 0 Å². The summed E-state index contributed by atoms with van der Waals surface area (Å²) in [7, 11) is 2.08. The van der Waals surface area contributed by atoms with E-state index in [4.69, 9.17) is 9.47 Å². The quantitative estimate of drug-likeness (QED) is 0.812. The van der Waals surface area contributed by atoms with Crippen LogP contribution in [0.15, 0.2) is 24.3 Å². The van der Waals surface area contributed by atoms with E-state index >= 15 is 0 Å². The van der Waals surface area contributed by atoms with E-state index in [-0.39, 0.29) is 12.0 Å². The van der Waals surface area contributed by atoms with Gasteiger partial charge in [-0.05, 0) is 31.7 Å². The van der Waals surface area contributed by atoms with Crippen LogP contribution in [0.25, 0.3) is 0 Å². The third kappa shape index (κ3) is 3.69. The zero-order valence-electron chi connectivity index (χ0n) is 11.8. The summed E-state index contributed by atoms with van der Waals surface area (Å²) in [6, 6.07) is 8.18. The Balaban J connectivity index is 1.86. The maximum atomic E-state index is 9.42. The SMILES string of the molecule is CCOc1ccc(CN(C)CC2(CO)COC2)cc1. The summed E-state index contributed by atoms with van der Waals surface area (Å²) in [5, 5.41) is 9.42. The van der Waals surface area contributed by atoms with Gasteiger partial charge in [0.15, 0.2) is 0 Å². The van der Waals surface area contributed by atoms with Crippen molar-refractivity contribution >= 4 is 0 Å². The number of rotatable bonds is 7. The van der Waals surface area contributed by atoms with E-state index in [1.54, 1.807) is 0 Å². The molecule has 0 unspecified atom stereocenters. The van der Waals surface area contributed by atoms with Crippen molar-refractivity contribution in [2.75, 3.05) is 40.0 Å². The summed E-state index contributed by atoms with van der Waals surface area (Å²) < 4.78 is 10.6. The van der Waals surface area contributed by atoms with E-state index < -0.39 is 0 Å². The molecule has 0 saturated carbocycles. The van der Waals surface area contributed by atoms with Crippen LogP contribution in [0, 0.1) is 5.41 Å². The summed E-state index contributed by atoms with van der Waals surface area (Å²) in [5.41, 5.74) is 1.19.